The van der Waals surface area contributed by atoms with Gasteiger partial charge in [0, 0.05) is 6.08 Å². The van der Waals surface area contributed by atoms with Crippen molar-refractivity contribution >= 4 is 18.0 Å². The molecular formula is C21H31NO5. The van der Waals surface area contributed by atoms with E-state index in [9.17, 15) is 9.59 Å². The summed E-state index contributed by atoms with van der Waals surface area (Å²) in [5.41, 5.74) is 0.761. The van der Waals surface area contributed by atoms with Crippen molar-refractivity contribution in [3.05, 3.63) is 29.8 Å². The van der Waals surface area contributed by atoms with Gasteiger partial charge in [-0.2, -0.15) is 0 Å². The molecule has 2 N–H and O–H groups in total. The number of methoxy groups -OCH3 is 1. The van der Waals surface area contributed by atoms with Gasteiger partial charge in [0.15, 0.2) is 11.5 Å². The number of hydrogen-bond donors (Lipinski definition) is 2. The van der Waals surface area contributed by atoms with Gasteiger partial charge in [-0.05, 0) is 36.1 Å². The third kappa shape index (κ3) is 8.15. The lowest BCUT2D eigenvalue weighted by atomic mass is 10.0. The Morgan fingerprint density at radius 1 is 1.19 bits per heavy atom. The van der Waals surface area contributed by atoms with E-state index in [0.717, 1.165) is 18.4 Å². The van der Waals surface area contributed by atoms with E-state index in [-0.39, 0.29) is 5.92 Å². The van der Waals surface area contributed by atoms with E-state index in [1.54, 1.807) is 33.1 Å². The minimum absolute atomic E-state index is 0.200. The standard InChI is InChI=1S/C21H31NO5/c1-5-6-7-8-13-27-17-11-9-16(14-18(17)26-4)10-12-19(23)22-20(15(2)3)21(24)25/h9-12,14-15,20H,5-8,13H2,1-4H3,(H,22,23)(H,24,25)/b12-10+. The molecule has 1 rings (SSSR count). The fourth-order valence-electron chi connectivity index (χ4n) is 2.50. The molecule has 1 aromatic carbocycles. The van der Waals surface area contributed by atoms with Crippen molar-refractivity contribution in [1.82, 2.24) is 5.32 Å². The summed E-state index contributed by atoms with van der Waals surface area (Å²) in [5, 5.41) is 11.6. The van der Waals surface area contributed by atoms with Crippen LogP contribution in [0.2, 0.25) is 0 Å². The topological polar surface area (TPSA) is 84.9 Å². The number of nitrogens with one attached hydrogen (secondary N) is 1. The van der Waals surface area contributed by atoms with E-state index >= 15 is 0 Å². The van der Waals surface area contributed by atoms with Gasteiger partial charge >= 0.3 is 5.97 Å². The number of rotatable bonds is 12. The number of benzene rings is 1. The number of unbranched alkanes of at least 4 members (excludes halogenated alkanes) is 3. The molecule has 0 aliphatic heterocycles. The monoisotopic (exact) mass is 377 g/mol. The molecule has 6 heteroatoms. The van der Waals surface area contributed by atoms with Crippen LogP contribution in [-0.4, -0.2) is 36.7 Å². The lowest BCUT2D eigenvalue weighted by Crippen LogP contribution is -2.43. The minimum atomic E-state index is -1.05. The number of carbonyl (C=O) groups excluding carboxylic acids is 1. The first kappa shape index (κ1) is 22.5. The Morgan fingerprint density at radius 2 is 1.93 bits per heavy atom. The largest absolute Gasteiger partial charge is 0.493 e. The SMILES string of the molecule is CCCCCCOc1ccc(/C=C/C(=O)NC(C(=O)O)C(C)C)cc1OC. The van der Waals surface area contributed by atoms with Gasteiger partial charge in [0.25, 0.3) is 0 Å². The lowest BCUT2D eigenvalue weighted by Gasteiger charge is -2.16. The third-order valence-electron chi connectivity index (χ3n) is 4.10. The Balaban J connectivity index is 2.68. The highest BCUT2D eigenvalue weighted by Crippen LogP contribution is 2.28. The number of hydrogen-bond acceptors (Lipinski definition) is 4. The van der Waals surface area contributed by atoms with Gasteiger partial charge in [0.2, 0.25) is 5.91 Å². The van der Waals surface area contributed by atoms with Crippen LogP contribution in [0, 0.1) is 5.92 Å². The predicted octanol–water partition coefficient (Wildman–Crippen LogP) is 3.89. The molecule has 6 nitrogen and oxygen atoms in total. The summed E-state index contributed by atoms with van der Waals surface area (Å²) in [6.07, 6.45) is 7.45. The highest BCUT2D eigenvalue weighted by molar-refractivity contribution is 5.94. The van der Waals surface area contributed by atoms with Crippen LogP contribution in [0.5, 0.6) is 11.5 Å². The second kappa shape index (κ2) is 12.0. The Kier molecular flexibility index (Phi) is 10.0. The second-order valence-corrected chi connectivity index (χ2v) is 6.72. The number of amides is 1. The molecule has 1 amide bonds. The first-order chi connectivity index (χ1) is 12.9. The van der Waals surface area contributed by atoms with Crippen molar-refractivity contribution < 1.29 is 24.2 Å². The van der Waals surface area contributed by atoms with E-state index in [2.05, 4.69) is 12.2 Å². The second-order valence-electron chi connectivity index (χ2n) is 6.72. The van der Waals surface area contributed by atoms with Crippen molar-refractivity contribution in [3.8, 4) is 11.5 Å². The number of ether oxygens (including phenoxy) is 2. The molecule has 0 bridgehead atoms. The average Bonchev–Trinajstić information content (AvgIpc) is 2.64. The quantitative estimate of drug-likeness (QED) is 0.426. The van der Waals surface area contributed by atoms with Crippen LogP contribution in [0.3, 0.4) is 0 Å². The molecule has 0 heterocycles. The molecular weight excluding hydrogens is 346 g/mol. The summed E-state index contributed by atoms with van der Waals surface area (Å²) >= 11 is 0. The van der Waals surface area contributed by atoms with Crippen LogP contribution in [0.1, 0.15) is 52.0 Å². The normalized spacial score (nSPS) is 12.2. The highest BCUT2D eigenvalue weighted by atomic mass is 16.5. The molecule has 27 heavy (non-hydrogen) atoms. The molecule has 1 atom stereocenters. The van der Waals surface area contributed by atoms with E-state index in [1.807, 2.05) is 12.1 Å². The third-order valence-corrected chi connectivity index (χ3v) is 4.10. The smallest absolute Gasteiger partial charge is 0.326 e. The van der Waals surface area contributed by atoms with Crippen LogP contribution in [0.15, 0.2) is 24.3 Å². The van der Waals surface area contributed by atoms with Crippen molar-refractivity contribution in [2.24, 2.45) is 5.92 Å². The van der Waals surface area contributed by atoms with Gasteiger partial charge in [0.1, 0.15) is 6.04 Å². The zero-order valence-electron chi connectivity index (χ0n) is 16.7. The van der Waals surface area contributed by atoms with E-state index in [0.29, 0.717) is 18.1 Å². The molecule has 0 saturated heterocycles. The van der Waals surface area contributed by atoms with Crippen molar-refractivity contribution in [2.45, 2.75) is 52.5 Å². The first-order valence-electron chi connectivity index (χ1n) is 9.41. The van der Waals surface area contributed by atoms with Crippen LogP contribution in [-0.2, 0) is 9.59 Å². The summed E-state index contributed by atoms with van der Waals surface area (Å²) in [5.74, 6) is -0.436. The van der Waals surface area contributed by atoms with E-state index in [1.165, 1.54) is 18.9 Å². The van der Waals surface area contributed by atoms with Gasteiger partial charge < -0.3 is 19.9 Å². The molecule has 150 valence electrons. The molecule has 0 saturated carbocycles. The zero-order chi connectivity index (χ0) is 20.2. The van der Waals surface area contributed by atoms with Crippen LogP contribution < -0.4 is 14.8 Å². The van der Waals surface area contributed by atoms with Gasteiger partial charge in [-0.3, -0.25) is 4.79 Å². The molecule has 1 unspecified atom stereocenters. The summed E-state index contributed by atoms with van der Waals surface area (Å²) in [6.45, 7) is 6.30. The number of carbonyl (C=O) groups is 2. The minimum Gasteiger partial charge on any atom is -0.493 e. The number of aliphatic carboxylic acids is 1. The van der Waals surface area contributed by atoms with Crippen LogP contribution in [0.4, 0.5) is 0 Å². The molecule has 0 aromatic heterocycles. The summed E-state index contributed by atoms with van der Waals surface area (Å²) in [4.78, 5) is 23.1. The van der Waals surface area contributed by atoms with E-state index < -0.39 is 17.9 Å². The maximum absolute atomic E-state index is 12.0. The molecule has 1 aromatic rings. The molecule has 0 radical (unpaired) electrons. The fourth-order valence-corrected chi connectivity index (χ4v) is 2.50. The van der Waals surface area contributed by atoms with Crippen LogP contribution >= 0.6 is 0 Å². The first-order valence-corrected chi connectivity index (χ1v) is 9.41. The number of carboxylic acids is 1. The highest BCUT2D eigenvalue weighted by Gasteiger charge is 2.22. The summed E-state index contributed by atoms with van der Waals surface area (Å²) in [7, 11) is 1.57. The number of carboxylic acid groups (broad SMARTS) is 1. The van der Waals surface area contributed by atoms with Crippen molar-refractivity contribution in [2.75, 3.05) is 13.7 Å². The summed E-state index contributed by atoms with van der Waals surface area (Å²) in [6, 6.07) is 4.50. The van der Waals surface area contributed by atoms with Crippen molar-refractivity contribution in [3.63, 3.8) is 0 Å². The van der Waals surface area contributed by atoms with Gasteiger partial charge in [0.05, 0.1) is 13.7 Å². The Bertz CT molecular complexity index is 639. The van der Waals surface area contributed by atoms with Gasteiger partial charge in [-0.15, -0.1) is 0 Å². The van der Waals surface area contributed by atoms with Crippen molar-refractivity contribution in [1.29, 1.82) is 0 Å². The molecule has 0 aliphatic carbocycles. The van der Waals surface area contributed by atoms with Gasteiger partial charge in [-0.1, -0.05) is 46.1 Å². The molecule has 0 aliphatic rings. The molecule has 0 fully saturated rings. The summed E-state index contributed by atoms with van der Waals surface area (Å²) < 4.78 is 11.1. The van der Waals surface area contributed by atoms with E-state index in [4.69, 9.17) is 14.6 Å². The maximum Gasteiger partial charge on any atom is 0.326 e. The predicted molar refractivity (Wildman–Crippen MR) is 106 cm³/mol. The lowest BCUT2D eigenvalue weighted by molar-refractivity contribution is -0.142. The fraction of sp³-hybridized carbons (Fsp3) is 0.524. The van der Waals surface area contributed by atoms with Gasteiger partial charge in [-0.25, -0.2) is 4.79 Å². The Hall–Kier alpha value is -2.50. The maximum atomic E-state index is 12.0. The average molecular weight is 377 g/mol. The molecule has 0 spiro atoms. The Morgan fingerprint density at radius 3 is 2.52 bits per heavy atom. The zero-order valence-corrected chi connectivity index (χ0v) is 16.7. The Labute approximate surface area is 161 Å². The van der Waals surface area contributed by atoms with Crippen LogP contribution in [0.25, 0.3) is 6.08 Å².